The lowest BCUT2D eigenvalue weighted by molar-refractivity contribution is 0.472. The predicted octanol–water partition coefficient (Wildman–Crippen LogP) is 2.70. The number of hydrogen-bond acceptors (Lipinski definition) is 4. The Hall–Kier alpha value is -0.840. The summed E-state index contributed by atoms with van der Waals surface area (Å²) in [6, 6.07) is 0.411. The molecule has 3 nitrogen and oxygen atoms in total. The van der Waals surface area contributed by atoms with Gasteiger partial charge in [0.1, 0.15) is 0 Å². The van der Waals surface area contributed by atoms with E-state index < -0.39 is 5.82 Å². The lowest BCUT2D eigenvalue weighted by Crippen LogP contribution is -2.34. The molecule has 1 aliphatic rings. The molecule has 1 aromatic rings. The van der Waals surface area contributed by atoms with E-state index >= 15 is 0 Å². The van der Waals surface area contributed by atoms with Gasteiger partial charge in [0.15, 0.2) is 5.82 Å². The topological polar surface area (TPSA) is 37.8 Å². The molecule has 0 radical (unpaired) electrons. The van der Waals surface area contributed by atoms with Gasteiger partial charge in [0, 0.05) is 11.3 Å². The highest BCUT2D eigenvalue weighted by Gasteiger charge is 2.24. The molecule has 0 bridgehead atoms. The minimum Gasteiger partial charge on any atom is -0.350 e. The van der Waals surface area contributed by atoms with Crippen LogP contribution in [0, 0.1) is 5.82 Å². The first-order valence-corrected chi connectivity index (χ1v) is 6.85. The number of thioether (sulfide) groups is 1. The molecule has 0 amide bonds. The maximum atomic E-state index is 12.7. The second-order valence-electron chi connectivity index (χ2n) is 4.03. The summed E-state index contributed by atoms with van der Waals surface area (Å²) in [5.74, 6) is 0.142. The van der Waals surface area contributed by atoms with Crippen LogP contribution in [0.25, 0.3) is 0 Å². The average molecular weight is 241 g/mol. The maximum Gasteiger partial charge on any atom is 0.223 e. The molecule has 1 N–H and O–H groups in total. The summed E-state index contributed by atoms with van der Waals surface area (Å²) in [5.41, 5.74) is 0. The van der Waals surface area contributed by atoms with Gasteiger partial charge < -0.3 is 5.32 Å². The second-order valence-corrected chi connectivity index (χ2v) is 5.11. The molecular formula is C11H16FN3S. The van der Waals surface area contributed by atoms with Gasteiger partial charge in [0.25, 0.3) is 0 Å². The van der Waals surface area contributed by atoms with Crippen LogP contribution in [0.15, 0.2) is 12.4 Å². The summed E-state index contributed by atoms with van der Waals surface area (Å²) in [5, 5.41) is 3.91. The fourth-order valence-electron chi connectivity index (χ4n) is 2.10. The highest BCUT2D eigenvalue weighted by Crippen LogP contribution is 2.28. The number of hydrogen-bond donors (Lipinski definition) is 1. The third-order valence-corrected chi connectivity index (χ3v) is 4.11. The lowest BCUT2D eigenvalue weighted by Gasteiger charge is -2.30. The minimum absolute atomic E-state index is 0.393. The molecule has 2 rings (SSSR count). The van der Waals surface area contributed by atoms with Crippen LogP contribution in [0.3, 0.4) is 0 Å². The van der Waals surface area contributed by atoms with Crippen molar-refractivity contribution in [1.29, 1.82) is 0 Å². The van der Waals surface area contributed by atoms with E-state index in [1.165, 1.54) is 31.7 Å². The van der Waals surface area contributed by atoms with E-state index in [1.54, 1.807) is 0 Å². The van der Waals surface area contributed by atoms with Crippen LogP contribution in [0.1, 0.15) is 25.7 Å². The Morgan fingerprint density at radius 1 is 1.31 bits per heavy atom. The van der Waals surface area contributed by atoms with Gasteiger partial charge in [-0.2, -0.15) is 11.8 Å². The van der Waals surface area contributed by atoms with Crippen LogP contribution in [0.4, 0.5) is 10.3 Å². The molecule has 1 fully saturated rings. The van der Waals surface area contributed by atoms with Crippen molar-refractivity contribution in [2.75, 3.05) is 11.6 Å². The van der Waals surface area contributed by atoms with Gasteiger partial charge in [-0.3, -0.25) is 0 Å². The largest absolute Gasteiger partial charge is 0.350 e. The minimum atomic E-state index is -0.393. The monoisotopic (exact) mass is 241 g/mol. The zero-order chi connectivity index (χ0) is 11.4. The first kappa shape index (κ1) is 11.6. The Bertz CT molecular complexity index is 331. The number of nitrogens with one attached hydrogen (secondary N) is 1. The highest BCUT2D eigenvalue weighted by atomic mass is 32.2. The molecule has 1 aromatic heterocycles. The smallest absolute Gasteiger partial charge is 0.223 e. The van der Waals surface area contributed by atoms with Crippen LogP contribution in [-0.4, -0.2) is 27.5 Å². The van der Waals surface area contributed by atoms with Crippen molar-refractivity contribution in [3.63, 3.8) is 0 Å². The highest BCUT2D eigenvalue weighted by molar-refractivity contribution is 7.99. The Balaban J connectivity index is 1.99. The quantitative estimate of drug-likeness (QED) is 0.883. The Morgan fingerprint density at radius 3 is 2.69 bits per heavy atom. The van der Waals surface area contributed by atoms with Crippen molar-refractivity contribution in [1.82, 2.24) is 9.97 Å². The maximum absolute atomic E-state index is 12.7. The van der Waals surface area contributed by atoms with Crippen molar-refractivity contribution in [3.8, 4) is 0 Å². The molecule has 0 aliphatic heterocycles. The van der Waals surface area contributed by atoms with E-state index in [0.29, 0.717) is 17.2 Å². The molecule has 88 valence electrons. The van der Waals surface area contributed by atoms with Crippen LogP contribution in [0.2, 0.25) is 0 Å². The Labute approximate surface area is 99.3 Å². The first-order valence-electron chi connectivity index (χ1n) is 5.56. The van der Waals surface area contributed by atoms with Crippen LogP contribution < -0.4 is 5.32 Å². The summed E-state index contributed by atoms with van der Waals surface area (Å²) in [7, 11) is 0. The van der Waals surface area contributed by atoms with Crippen molar-refractivity contribution < 1.29 is 4.39 Å². The van der Waals surface area contributed by atoms with Crippen LogP contribution >= 0.6 is 11.8 Å². The van der Waals surface area contributed by atoms with Crippen molar-refractivity contribution in [3.05, 3.63) is 18.2 Å². The molecule has 1 saturated carbocycles. The van der Waals surface area contributed by atoms with Crippen molar-refractivity contribution in [2.45, 2.75) is 37.0 Å². The third kappa shape index (κ3) is 2.84. The number of nitrogens with zero attached hydrogens (tertiary/aromatic N) is 2. The van der Waals surface area contributed by atoms with Gasteiger partial charge in [-0.05, 0) is 19.1 Å². The van der Waals surface area contributed by atoms with Gasteiger partial charge in [0.2, 0.25) is 5.95 Å². The summed E-state index contributed by atoms with van der Waals surface area (Å²) < 4.78 is 12.7. The number of aromatic nitrogens is 2. The van der Waals surface area contributed by atoms with Gasteiger partial charge in [-0.15, -0.1) is 0 Å². The normalized spacial score (nSPS) is 25.4. The fraction of sp³-hybridized carbons (Fsp3) is 0.636. The van der Waals surface area contributed by atoms with E-state index in [0.717, 1.165) is 6.42 Å². The standard InChI is InChI=1S/C11H16FN3S/c1-16-10-5-3-2-4-9(10)15-11-13-6-8(12)7-14-11/h6-7,9-10H,2-5H2,1H3,(H,13,14,15). The zero-order valence-corrected chi connectivity index (χ0v) is 10.1. The van der Waals surface area contributed by atoms with E-state index in [1.807, 2.05) is 11.8 Å². The van der Waals surface area contributed by atoms with E-state index in [2.05, 4.69) is 21.5 Å². The summed E-state index contributed by atoms with van der Waals surface area (Å²) in [6.07, 6.45) is 9.46. The van der Waals surface area contributed by atoms with Crippen molar-refractivity contribution in [2.24, 2.45) is 0 Å². The summed E-state index contributed by atoms with van der Waals surface area (Å²) in [6.45, 7) is 0. The third-order valence-electron chi connectivity index (χ3n) is 2.94. The molecule has 0 spiro atoms. The van der Waals surface area contributed by atoms with Gasteiger partial charge >= 0.3 is 0 Å². The molecule has 16 heavy (non-hydrogen) atoms. The molecule has 0 saturated heterocycles. The molecule has 5 heteroatoms. The summed E-state index contributed by atoms with van der Waals surface area (Å²) >= 11 is 1.88. The van der Waals surface area contributed by atoms with Crippen LogP contribution in [-0.2, 0) is 0 Å². The Morgan fingerprint density at radius 2 is 2.00 bits per heavy atom. The number of halogens is 1. The summed E-state index contributed by atoms with van der Waals surface area (Å²) in [4.78, 5) is 7.87. The van der Waals surface area contributed by atoms with E-state index in [9.17, 15) is 4.39 Å². The number of rotatable bonds is 3. The zero-order valence-electron chi connectivity index (χ0n) is 9.32. The lowest BCUT2D eigenvalue weighted by atomic mass is 9.95. The molecule has 2 unspecified atom stereocenters. The second kappa shape index (κ2) is 5.48. The van der Waals surface area contributed by atoms with Gasteiger partial charge in [0.05, 0.1) is 12.4 Å². The number of anilines is 1. The van der Waals surface area contributed by atoms with Crippen LogP contribution in [0.5, 0.6) is 0 Å². The average Bonchev–Trinajstić information content (AvgIpc) is 2.33. The molecule has 1 aliphatic carbocycles. The Kier molecular flexibility index (Phi) is 3.98. The van der Waals surface area contributed by atoms with Gasteiger partial charge in [-0.25, -0.2) is 14.4 Å². The molecule has 2 atom stereocenters. The van der Waals surface area contributed by atoms with Crippen molar-refractivity contribution >= 4 is 17.7 Å². The first-order chi connectivity index (χ1) is 7.79. The SMILES string of the molecule is CSC1CCCCC1Nc1ncc(F)cn1. The molecule has 1 heterocycles. The predicted molar refractivity (Wildman–Crippen MR) is 65.2 cm³/mol. The molecule has 0 aromatic carbocycles. The van der Waals surface area contributed by atoms with Gasteiger partial charge in [-0.1, -0.05) is 12.8 Å². The molecular weight excluding hydrogens is 225 g/mol. The van der Waals surface area contributed by atoms with E-state index in [4.69, 9.17) is 0 Å². The van der Waals surface area contributed by atoms with E-state index in [-0.39, 0.29) is 0 Å². The fourth-order valence-corrected chi connectivity index (χ4v) is 3.03.